The predicted molar refractivity (Wildman–Crippen MR) is 67.6 cm³/mol. The van der Waals surface area contributed by atoms with Gasteiger partial charge in [-0.2, -0.15) is 0 Å². The molecule has 2 heteroatoms. The van der Waals surface area contributed by atoms with E-state index in [1.54, 1.807) is 0 Å². The zero-order valence-corrected chi connectivity index (χ0v) is 10.7. The van der Waals surface area contributed by atoms with Crippen molar-refractivity contribution in [2.24, 2.45) is 5.92 Å². The highest BCUT2D eigenvalue weighted by Crippen LogP contribution is 2.24. The molecule has 0 spiro atoms. The minimum atomic E-state index is 0.542. The van der Waals surface area contributed by atoms with Gasteiger partial charge in [0.1, 0.15) is 0 Å². The molecule has 1 aliphatic heterocycles. The van der Waals surface area contributed by atoms with Crippen LogP contribution in [0.3, 0.4) is 0 Å². The van der Waals surface area contributed by atoms with E-state index >= 15 is 0 Å². The third kappa shape index (κ3) is 3.74. The molecule has 0 aromatic heterocycles. The third-order valence-electron chi connectivity index (χ3n) is 4.26. The lowest BCUT2D eigenvalue weighted by molar-refractivity contribution is 0.0107. The molecule has 3 atom stereocenters. The van der Waals surface area contributed by atoms with Gasteiger partial charge in [-0.25, -0.2) is 0 Å². The Hall–Kier alpha value is -0.0800. The van der Waals surface area contributed by atoms with Gasteiger partial charge in [0.15, 0.2) is 0 Å². The summed E-state index contributed by atoms with van der Waals surface area (Å²) in [6.07, 6.45) is 11.3. The van der Waals surface area contributed by atoms with Gasteiger partial charge in [0.25, 0.3) is 0 Å². The normalized spacial score (nSPS) is 36.2. The summed E-state index contributed by atoms with van der Waals surface area (Å²) in [7, 11) is 0. The summed E-state index contributed by atoms with van der Waals surface area (Å²) in [6, 6.07) is 0.775. The lowest BCUT2D eigenvalue weighted by atomic mass is 9.86. The van der Waals surface area contributed by atoms with Crippen LogP contribution < -0.4 is 5.32 Å². The van der Waals surface area contributed by atoms with Gasteiger partial charge in [-0.3, -0.25) is 0 Å². The molecule has 1 heterocycles. The Bertz CT molecular complexity index is 189. The summed E-state index contributed by atoms with van der Waals surface area (Å²) < 4.78 is 5.75. The molecule has 0 amide bonds. The van der Waals surface area contributed by atoms with Crippen LogP contribution in [0.5, 0.6) is 0 Å². The van der Waals surface area contributed by atoms with Gasteiger partial charge in [-0.15, -0.1) is 0 Å². The lowest BCUT2D eigenvalue weighted by Crippen LogP contribution is -2.39. The van der Waals surface area contributed by atoms with Crippen molar-refractivity contribution in [3.8, 4) is 0 Å². The molecule has 1 aliphatic carbocycles. The Labute approximate surface area is 100 Å². The van der Waals surface area contributed by atoms with Crippen molar-refractivity contribution in [3.63, 3.8) is 0 Å². The number of ether oxygens (including phenoxy) is 1. The molecule has 3 unspecified atom stereocenters. The molecule has 1 saturated carbocycles. The summed E-state index contributed by atoms with van der Waals surface area (Å²) in [5, 5.41) is 3.74. The van der Waals surface area contributed by atoms with E-state index in [2.05, 4.69) is 12.2 Å². The molecule has 1 saturated heterocycles. The molecule has 2 nitrogen and oxygen atoms in total. The van der Waals surface area contributed by atoms with Crippen LogP contribution in [0.4, 0.5) is 0 Å². The minimum Gasteiger partial charge on any atom is -0.378 e. The molecule has 0 bridgehead atoms. The van der Waals surface area contributed by atoms with E-state index in [9.17, 15) is 0 Å². The Morgan fingerprint density at radius 3 is 2.62 bits per heavy atom. The summed E-state index contributed by atoms with van der Waals surface area (Å²) >= 11 is 0. The van der Waals surface area contributed by atoms with Gasteiger partial charge in [0, 0.05) is 12.6 Å². The van der Waals surface area contributed by atoms with Crippen LogP contribution in [0.15, 0.2) is 0 Å². The van der Waals surface area contributed by atoms with Gasteiger partial charge in [-0.05, 0) is 51.0 Å². The van der Waals surface area contributed by atoms with Crippen molar-refractivity contribution >= 4 is 0 Å². The van der Waals surface area contributed by atoms with E-state index in [0.717, 1.165) is 25.1 Å². The first-order chi connectivity index (χ1) is 7.86. The summed E-state index contributed by atoms with van der Waals surface area (Å²) in [6.45, 7) is 4.54. The Kier molecular flexibility index (Phi) is 5.11. The molecular weight excluding hydrogens is 198 g/mol. The van der Waals surface area contributed by atoms with Crippen molar-refractivity contribution in [1.29, 1.82) is 0 Å². The van der Waals surface area contributed by atoms with Gasteiger partial charge in [0.2, 0.25) is 0 Å². The number of hydrogen-bond acceptors (Lipinski definition) is 2. The second kappa shape index (κ2) is 6.61. The van der Waals surface area contributed by atoms with Crippen molar-refractivity contribution < 1.29 is 4.74 Å². The average Bonchev–Trinajstić information content (AvgIpc) is 2.33. The van der Waals surface area contributed by atoms with Crippen LogP contribution in [0.25, 0.3) is 0 Å². The highest BCUT2D eigenvalue weighted by Gasteiger charge is 2.21. The topological polar surface area (TPSA) is 21.3 Å². The Balaban J connectivity index is 1.59. The number of nitrogens with one attached hydrogen (secondary N) is 1. The van der Waals surface area contributed by atoms with Crippen LogP contribution >= 0.6 is 0 Å². The molecule has 2 rings (SSSR count). The Morgan fingerprint density at radius 1 is 1.06 bits per heavy atom. The van der Waals surface area contributed by atoms with Crippen LogP contribution in [0.2, 0.25) is 0 Å². The lowest BCUT2D eigenvalue weighted by Gasteiger charge is -2.30. The minimum absolute atomic E-state index is 0.542. The highest BCUT2D eigenvalue weighted by molar-refractivity contribution is 4.78. The van der Waals surface area contributed by atoms with Gasteiger partial charge in [0.05, 0.1) is 6.10 Å². The predicted octanol–water partition coefficient (Wildman–Crippen LogP) is 3.11. The van der Waals surface area contributed by atoms with Crippen LogP contribution in [0, 0.1) is 5.92 Å². The standard InChI is InChI=1S/C14H27NO/c1-12-6-2-3-8-14(12)15-10-9-13-7-4-5-11-16-13/h12-15H,2-11H2,1H3. The first-order valence-electron chi connectivity index (χ1n) is 7.21. The van der Waals surface area contributed by atoms with E-state index in [-0.39, 0.29) is 0 Å². The SMILES string of the molecule is CC1CCCCC1NCCC1CCCCO1. The second-order valence-corrected chi connectivity index (χ2v) is 5.60. The molecule has 0 radical (unpaired) electrons. The van der Waals surface area contributed by atoms with Crippen LogP contribution in [-0.2, 0) is 4.74 Å². The third-order valence-corrected chi connectivity index (χ3v) is 4.26. The fourth-order valence-electron chi connectivity index (χ4n) is 3.08. The molecule has 94 valence electrons. The smallest absolute Gasteiger partial charge is 0.0587 e. The summed E-state index contributed by atoms with van der Waals surface area (Å²) in [5.74, 6) is 0.876. The van der Waals surface area contributed by atoms with E-state index < -0.39 is 0 Å². The fourth-order valence-corrected chi connectivity index (χ4v) is 3.08. The van der Waals surface area contributed by atoms with E-state index in [1.165, 1.54) is 51.4 Å². The van der Waals surface area contributed by atoms with Gasteiger partial charge in [-0.1, -0.05) is 19.8 Å². The summed E-state index contributed by atoms with van der Waals surface area (Å²) in [4.78, 5) is 0. The van der Waals surface area contributed by atoms with Crippen LogP contribution in [-0.4, -0.2) is 25.3 Å². The zero-order chi connectivity index (χ0) is 11.2. The maximum atomic E-state index is 5.75. The van der Waals surface area contributed by atoms with E-state index in [1.807, 2.05) is 0 Å². The maximum absolute atomic E-state index is 5.75. The van der Waals surface area contributed by atoms with E-state index in [4.69, 9.17) is 4.74 Å². The van der Waals surface area contributed by atoms with Crippen molar-refractivity contribution in [3.05, 3.63) is 0 Å². The molecule has 1 N–H and O–H groups in total. The molecule has 16 heavy (non-hydrogen) atoms. The van der Waals surface area contributed by atoms with Crippen molar-refractivity contribution in [2.75, 3.05) is 13.2 Å². The molecule has 2 aliphatic rings. The number of hydrogen-bond donors (Lipinski definition) is 1. The number of rotatable bonds is 4. The van der Waals surface area contributed by atoms with Gasteiger partial charge >= 0.3 is 0 Å². The highest BCUT2D eigenvalue weighted by atomic mass is 16.5. The molecule has 2 fully saturated rings. The van der Waals surface area contributed by atoms with Gasteiger partial charge < -0.3 is 10.1 Å². The van der Waals surface area contributed by atoms with Crippen LogP contribution in [0.1, 0.15) is 58.3 Å². The quantitative estimate of drug-likeness (QED) is 0.794. The fraction of sp³-hybridized carbons (Fsp3) is 1.00. The second-order valence-electron chi connectivity index (χ2n) is 5.60. The first kappa shape index (κ1) is 12.4. The largest absolute Gasteiger partial charge is 0.378 e. The average molecular weight is 225 g/mol. The zero-order valence-electron chi connectivity index (χ0n) is 10.7. The van der Waals surface area contributed by atoms with Crippen molar-refractivity contribution in [1.82, 2.24) is 5.32 Å². The molecule has 0 aromatic rings. The molecular formula is C14H27NO. The summed E-state index contributed by atoms with van der Waals surface area (Å²) in [5.41, 5.74) is 0. The first-order valence-corrected chi connectivity index (χ1v) is 7.21. The Morgan fingerprint density at radius 2 is 1.88 bits per heavy atom. The monoisotopic (exact) mass is 225 g/mol. The van der Waals surface area contributed by atoms with Crippen molar-refractivity contribution in [2.45, 2.75) is 70.4 Å². The van der Waals surface area contributed by atoms with E-state index in [0.29, 0.717) is 6.10 Å². The molecule has 0 aromatic carbocycles. The maximum Gasteiger partial charge on any atom is 0.0587 e.